The number of benzene rings is 1. The molecule has 1 aliphatic rings. The second-order valence-corrected chi connectivity index (χ2v) is 10.1. The predicted octanol–water partition coefficient (Wildman–Crippen LogP) is 1.37. The van der Waals surface area contributed by atoms with E-state index in [1.54, 1.807) is 6.92 Å². The van der Waals surface area contributed by atoms with Crippen LogP contribution in [0.25, 0.3) is 0 Å². The first-order valence-electron chi connectivity index (χ1n) is 7.80. The Hall–Kier alpha value is -0.960. The van der Waals surface area contributed by atoms with Crippen molar-refractivity contribution >= 4 is 19.9 Å². The monoisotopic (exact) mass is 360 g/mol. The number of nitrogens with two attached hydrogens (primary N) is 1. The quantitative estimate of drug-likeness (QED) is 0.855. The molecule has 1 aromatic carbocycles. The third-order valence-electron chi connectivity index (χ3n) is 4.27. The smallest absolute Gasteiger partial charge is 0.243 e. The van der Waals surface area contributed by atoms with Crippen molar-refractivity contribution in [1.82, 2.24) is 4.31 Å². The van der Waals surface area contributed by atoms with Crippen molar-refractivity contribution in [2.75, 3.05) is 12.3 Å². The molecule has 0 aliphatic carbocycles. The second-order valence-electron chi connectivity index (χ2n) is 5.91. The van der Waals surface area contributed by atoms with Crippen molar-refractivity contribution in [1.29, 1.82) is 0 Å². The van der Waals surface area contributed by atoms with Crippen molar-refractivity contribution in [3.05, 3.63) is 24.3 Å². The summed E-state index contributed by atoms with van der Waals surface area (Å²) in [5, 5.41) is 0. The van der Waals surface area contributed by atoms with Crippen LogP contribution in [0.4, 0.5) is 0 Å². The van der Waals surface area contributed by atoms with E-state index in [4.69, 9.17) is 5.73 Å². The summed E-state index contributed by atoms with van der Waals surface area (Å²) in [6.45, 7) is 3.82. The van der Waals surface area contributed by atoms with Crippen molar-refractivity contribution in [3.63, 3.8) is 0 Å². The molecule has 1 aromatic rings. The normalized spacial score (nSPS) is 22.0. The lowest BCUT2D eigenvalue weighted by atomic mass is 10.00. The highest BCUT2D eigenvalue weighted by Gasteiger charge is 2.35. The first-order chi connectivity index (χ1) is 10.7. The number of hydrogen-bond acceptors (Lipinski definition) is 5. The van der Waals surface area contributed by atoms with E-state index >= 15 is 0 Å². The van der Waals surface area contributed by atoms with Crippen LogP contribution < -0.4 is 5.73 Å². The molecule has 6 nitrogen and oxygen atoms in total. The lowest BCUT2D eigenvalue weighted by Gasteiger charge is -2.36. The van der Waals surface area contributed by atoms with Gasteiger partial charge >= 0.3 is 0 Å². The number of nitrogens with zero attached hydrogens (tertiary/aromatic N) is 1. The van der Waals surface area contributed by atoms with Gasteiger partial charge in [-0.2, -0.15) is 4.31 Å². The molecular formula is C15H24N2O4S2. The molecule has 1 fully saturated rings. The van der Waals surface area contributed by atoms with E-state index in [0.717, 1.165) is 19.3 Å². The van der Waals surface area contributed by atoms with Gasteiger partial charge in [-0.1, -0.05) is 13.3 Å². The third kappa shape index (κ3) is 3.76. The van der Waals surface area contributed by atoms with E-state index in [2.05, 4.69) is 0 Å². The lowest BCUT2D eigenvalue weighted by molar-refractivity contribution is 0.227. The molecule has 8 heteroatoms. The summed E-state index contributed by atoms with van der Waals surface area (Å²) < 4.78 is 50.8. The Morgan fingerprint density at radius 1 is 1.13 bits per heavy atom. The molecule has 2 atom stereocenters. The maximum Gasteiger partial charge on any atom is 0.243 e. The summed E-state index contributed by atoms with van der Waals surface area (Å²) in [6, 6.07) is 4.99. The van der Waals surface area contributed by atoms with Crippen molar-refractivity contribution in [2.45, 2.75) is 55.0 Å². The summed E-state index contributed by atoms with van der Waals surface area (Å²) in [4.78, 5) is 0.251. The molecule has 130 valence electrons. The Morgan fingerprint density at radius 2 is 1.70 bits per heavy atom. The van der Waals surface area contributed by atoms with E-state index in [0.29, 0.717) is 6.54 Å². The van der Waals surface area contributed by atoms with Gasteiger partial charge in [0.05, 0.1) is 15.5 Å². The molecule has 0 saturated carbocycles. The van der Waals surface area contributed by atoms with Gasteiger partial charge in [0.1, 0.15) is 0 Å². The Labute approximate surface area is 138 Å². The zero-order chi connectivity index (χ0) is 17.3. The van der Waals surface area contributed by atoms with Crippen LogP contribution in [0.3, 0.4) is 0 Å². The first-order valence-corrected chi connectivity index (χ1v) is 10.9. The van der Waals surface area contributed by atoms with Gasteiger partial charge in [0, 0.05) is 18.6 Å². The Balaban J connectivity index is 2.36. The van der Waals surface area contributed by atoms with E-state index in [9.17, 15) is 16.8 Å². The molecule has 2 rings (SSSR count). The van der Waals surface area contributed by atoms with Gasteiger partial charge in [-0.3, -0.25) is 0 Å². The fourth-order valence-corrected chi connectivity index (χ4v) is 5.53. The lowest BCUT2D eigenvalue weighted by Crippen LogP contribution is -2.51. The molecule has 1 saturated heterocycles. The Kier molecular flexibility index (Phi) is 5.50. The zero-order valence-corrected chi connectivity index (χ0v) is 15.1. The molecule has 0 radical (unpaired) electrons. The maximum absolute atomic E-state index is 12.9. The van der Waals surface area contributed by atoms with Crippen molar-refractivity contribution < 1.29 is 16.8 Å². The highest BCUT2D eigenvalue weighted by atomic mass is 32.2. The van der Waals surface area contributed by atoms with Gasteiger partial charge in [-0.25, -0.2) is 16.8 Å². The number of piperidine rings is 1. The molecule has 2 unspecified atom stereocenters. The average Bonchev–Trinajstić information content (AvgIpc) is 2.55. The standard InChI is InChI=1S/C15H24N2O4S2/c1-3-22(18,19)13-7-9-14(10-8-13)23(20,21)17-11-5-4-6-15(17)12(2)16/h7-10,12,15H,3-6,11,16H2,1-2H3. The Bertz CT molecular complexity index is 740. The molecule has 0 aromatic heterocycles. The van der Waals surface area contributed by atoms with Crippen molar-refractivity contribution in [3.8, 4) is 0 Å². The summed E-state index contributed by atoms with van der Waals surface area (Å²) in [5.41, 5.74) is 5.95. The SMILES string of the molecule is CCS(=O)(=O)c1ccc(S(=O)(=O)N2CCCCC2C(C)N)cc1. The molecule has 0 amide bonds. The fourth-order valence-electron chi connectivity index (χ4n) is 2.88. The minimum Gasteiger partial charge on any atom is -0.326 e. The number of sulfonamides is 1. The zero-order valence-electron chi connectivity index (χ0n) is 13.5. The first kappa shape index (κ1) is 18.4. The molecule has 1 aliphatic heterocycles. The fraction of sp³-hybridized carbons (Fsp3) is 0.600. The largest absolute Gasteiger partial charge is 0.326 e. The topological polar surface area (TPSA) is 97.5 Å². The van der Waals surface area contributed by atoms with Crippen LogP contribution in [0.2, 0.25) is 0 Å². The van der Waals surface area contributed by atoms with E-state index in [1.165, 1.54) is 28.6 Å². The predicted molar refractivity (Wildman–Crippen MR) is 89.3 cm³/mol. The van der Waals surface area contributed by atoms with Crippen LogP contribution >= 0.6 is 0 Å². The molecule has 0 spiro atoms. The number of hydrogen-bond donors (Lipinski definition) is 1. The van der Waals surface area contributed by atoms with Crippen LogP contribution in [0.1, 0.15) is 33.1 Å². The van der Waals surface area contributed by atoms with Crippen LogP contribution in [-0.4, -0.2) is 45.5 Å². The van der Waals surface area contributed by atoms with Gasteiger partial charge in [0.25, 0.3) is 0 Å². The van der Waals surface area contributed by atoms with Crippen LogP contribution in [0.5, 0.6) is 0 Å². The van der Waals surface area contributed by atoms with Crippen molar-refractivity contribution in [2.24, 2.45) is 5.73 Å². The Morgan fingerprint density at radius 3 is 2.22 bits per heavy atom. The summed E-state index contributed by atoms with van der Waals surface area (Å²) in [6.07, 6.45) is 2.52. The molecule has 23 heavy (non-hydrogen) atoms. The van der Waals surface area contributed by atoms with Gasteiger partial charge in [-0.15, -0.1) is 0 Å². The molecule has 0 bridgehead atoms. The minimum absolute atomic E-state index is 0.0159. The van der Waals surface area contributed by atoms with E-state index in [1.807, 2.05) is 6.92 Å². The summed E-state index contributed by atoms with van der Waals surface area (Å²) in [5.74, 6) is -0.0159. The third-order valence-corrected chi connectivity index (χ3v) is 7.96. The van der Waals surface area contributed by atoms with Crippen LogP contribution in [-0.2, 0) is 19.9 Å². The van der Waals surface area contributed by atoms with Crippen LogP contribution in [0.15, 0.2) is 34.1 Å². The summed E-state index contributed by atoms with van der Waals surface area (Å²) in [7, 11) is -7.00. The minimum atomic E-state index is -3.67. The number of rotatable bonds is 5. The van der Waals surface area contributed by atoms with Gasteiger partial charge in [0.15, 0.2) is 9.84 Å². The number of sulfone groups is 1. The maximum atomic E-state index is 12.9. The van der Waals surface area contributed by atoms with E-state index < -0.39 is 19.9 Å². The highest BCUT2D eigenvalue weighted by Crippen LogP contribution is 2.27. The average molecular weight is 361 g/mol. The van der Waals surface area contributed by atoms with Gasteiger partial charge in [-0.05, 0) is 44.0 Å². The van der Waals surface area contributed by atoms with Gasteiger partial charge in [0.2, 0.25) is 10.0 Å². The van der Waals surface area contributed by atoms with Gasteiger partial charge < -0.3 is 5.73 Å². The van der Waals surface area contributed by atoms with Crippen LogP contribution in [0, 0.1) is 0 Å². The molecule has 1 heterocycles. The summed E-state index contributed by atoms with van der Waals surface area (Å²) >= 11 is 0. The molecular weight excluding hydrogens is 336 g/mol. The highest BCUT2D eigenvalue weighted by molar-refractivity contribution is 7.91. The second kappa shape index (κ2) is 6.88. The molecule has 2 N–H and O–H groups in total. The van der Waals surface area contributed by atoms with E-state index in [-0.39, 0.29) is 27.6 Å².